The lowest BCUT2D eigenvalue weighted by atomic mass is 10.2. The number of rotatable bonds is 6. The van der Waals surface area contributed by atoms with Crippen LogP contribution in [0.2, 0.25) is 10.0 Å². The summed E-state index contributed by atoms with van der Waals surface area (Å²) in [7, 11) is 0. The zero-order chi connectivity index (χ0) is 19.3. The first kappa shape index (κ1) is 19.8. The van der Waals surface area contributed by atoms with Gasteiger partial charge in [0.1, 0.15) is 5.75 Å². The Morgan fingerprint density at radius 3 is 2.93 bits per heavy atom. The number of hydrogen-bond donors (Lipinski definition) is 0. The Hall–Kier alpha value is -1.53. The van der Waals surface area contributed by atoms with Crippen molar-refractivity contribution in [2.45, 2.75) is 12.8 Å². The molecule has 2 aromatic carbocycles. The van der Waals surface area contributed by atoms with E-state index in [1.807, 2.05) is 29.8 Å². The average Bonchev–Trinajstić information content (AvgIpc) is 3.05. The summed E-state index contributed by atoms with van der Waals surface area (Å²) in [5.74, 6) is 0.899. The van der Waals surface area contributed by atoms with E-state index in [0.717, 1.165) is 69.1 Å². The standard InChI is InChI=1S/C21H23Cl2N3OS/c22-17-4-1-5-19(21(17)23)26-10-2-8-25(11-12-26)9-3-13-27-16-6-7-20-18(14-16)24-15-28-20/h1,4-7,14-15H,2-3,8-13H2. The second-order valence-corrected chi connectivity index (χ2v) is 8.61. The van der Waals surface area contributed by atoms with Crippen LogP contribution in [-0.4, -0.2) is 49.2 Å². The lowest BCUT2D eigenvalue weighted by Crippen LogP contribution is -2.32. The molecule has 0 bridgehead atoms. The molecule has 7 heteroatoms. The molecule has 4 nitrogen and oxygen atoms in total. The molecular weight excluding hydrogens is 413 g/mol. The van der Waals surface area contributed by atoms with Gasteiger partial charge in [0.2, 0.25) is 0 Å². The van der Waals surface area contributed by atoms with Crippen LogP contribution in [0, 0.1) is 0 Å². The first-order valence-corrected chi connectivity index (χ1v) is 11.2. The Morgan fingerprint density at radius 2 is 2.00 bits per heavy atom. The van der Waals surface area contributed by atoms with E-state index in [1.165, 1.54) is 4.70 Å². The number of nitrogens with zero attached hydrogens (tertiary/aromatic N) is 3. The second-order valence-electron chi connectivity index (χ2n) is 6.94. The highest BCUT2D eigenvalue weighted by Crippen LogP contribution is 2.32. The molecule has 1 aliphatic rings. The van der Waals surface area contributed by atoms with Gasteiger partial charge in [-0.1, -0.05) is 29.3 Å². The van der Waals surface area contributed by atoms with Crippen molar-refractivity contribution in [1.29, 1.82) is 0 Å². The number of ether oxygens (including phenoxy) is 1. The summed E-state index contributed by atoms with van der Waals surface area (Å²) in [5.41, 5.74) is 3.92. The smallest absolute Gasteiger partial charge is 0.121 e. The minimum Gasteiger partial charge on any atom is -0.493 e. The molecule has 4 rings (SSSR count). The van der Waals surface area contributed by atoms with Crippen molar-refractivity contribution >= 4 is 50.4 Å². The van der Waals surface area contributed by atoms with Gasteiger partial charge in [-0.05, 0) is 43.7 Å². The number of halogens is 2. The molecule has 28 heavy (non-hydrogen) atoms. The average molecular weight is 436 g/mol. The zero-order valence-corrected chi connectivity index (χ0v) is 17.9. The Bertz CT molecular complexity index is 933. The van der Waals surface area contributed by atoms with E-state index < -0.39 is 0 Å². The Morgan fingerprint density at radius 1 is 1.07 bits per heavy atom. The molecule has 0 spiro atoms. The van der Waals surface area contributed by atoms with Gasteiger partial charge in [0.15, 0.2) is 0 Å². The molecule has 0 aliphatic carbocycles. The molecule has 2 heterocycles. The molecule has 1 fully saturated rings. The van der Waals surface area contributed by atoms with Crippen molar-refractivity contribution < 1.29 is 4.74 Å². The van der Waals surface area contributed by atoms with Crippen molar-refractivity contribution in [3.8, 4) is 5.75 Å². The predicted molar refractivity (Wildman–Crippen MR) is 119 cm³/mol. The fraction of sp³-hybridized carbons (Fsp3) is 0.381. The number of fused-ring (bicyclic) bond motifs is 1. The summed E-state index contributed by atoms with van der Waals surface area (Å²) in [6.45, 7) is 5.83. The highest BCUT2D eigenvalue weighted by molar-refractivity contribution is 7.16. The highest BCUT2D eigenvalue weighted by Gasteiger charge is 2.17. The minimum atomic E-state index is 0.619. The minimum absolute atomic E-state index is 0.619. The number of anilines is 1. The fourth-order valence-electron chi connectivity index (χ4n) is 3.58. The maximum Gasteiger partial charge on any atom is 0.121 e. The molecule has 0 unspecified atom stereocenters. The van der Waals surface area contributed by atoms with Gasteiger partial charge in [0, 0.05) is 32.2 Å². The lowest BCUT2D eigenvalue weighted by Gasteiger charge is -2.25. The SMILES string of the molecule is Clc1cccc(N2CCCN(CCCOc3ccc4scnc4c3)CC2)c1Cl. The van der Waals surface area contributed by atoms with Crippen LogP contribution in [0.25, 0.3) is 10.2 Å². The summed E-state index contributed by atoms with van der Waals surface area (Å²) in [6, 6.07) is 12.0. The van der Waals surface area contributed by atoms with Crippen molar-refractivity contribution in [1.82, 2.24) is 9.88 Å². The lowest BCUT2D eigenvalue weighted by molar-refractivity contribution is 0.244. The van der Waals surface area contributed by atoms with Crippen molar-refractivity contribution in [3.05, 3.63) is 52.0 Å². The monoisotopic (exact) mass is 435 g/mol. The summed E-state index contributed by atoms with van der Waals surface area (Å²) < 4.78 is 7.12. The topological polar surface area (TPSA) is 28.6 Å². The molecule has 3 aromatic rings. The maximum atomic E-state index is 6.40. The van der Waals surface area contributed by atoms with E-state index in [2.05, 4.69) is 26.9 Å². The van der Waals surface area contributed by atoms with Gasteiger partial charge in [-0.2, -0.15) is 0 Å². The van der Waals surface area contributed by atoms with Crippen LogP contribution >= 0.6 is 34.5 Å². The summed E-state index contributed by atoms with van der Waals surface area (Å²) in [5, 5.41) is 1.27. The van der Waals surface area contributed by atoms with Gasteiger partial charge >= 0.3 is 0 Å². The number of thiazole rings is 1. The number of hydrogen-bond acceptors (Lipinski definition) is 5. The third kappa shape index (κ3) is 4.71. The molecular formula is C21H23Cl2N3OS. The van der Waals surface area contributed by atoms with Crippen LogP contribution in [0.3, 0.4) is 0 Å². The van der Waals surface area contributed by atoms with Crippen LogP contribution in [0.15, 0.2) is 41.9 Å². The largest absolute Gasteiger partial charge is 0.493 e. The van der Waals surface area contributed by atoms with E-state index in [0.29, 0.717) is 10.0 Å². The fourth-order valence-corrected chi connectivity index (χ4v) is 4.65. The molecule has 0 saturated carbocycles. The summed E-state index contributed by atoms with van der Waals surface area (Å²) in [6.07, 6.45) is 2.12. The van der Waals surface area contributed by atoms with E-state index in [9.17, 15) is 0 Å². The van der Waals surface area contributed by atoms with Gasteiger partial charge < -0.3 is 14.5 Å². The predicted octanol–water partition coefficient (Wildman–Crippen LogP) is 5.58. The summed E-state index contributed by atoms with van der Waals surface area (Å²) in [4.78, 5) is 9.19. The molecule has 148 valence electrons. The maximum absolute atomic E-state index is 6.40. The zero-order valence-electron chi connectivity index (χ0n) is 15.6. The quantitative estimate of drug-likeness (QED) is 0.472. The van der Waals surface area contributed by atoms with Gasteiger partial charge in [-0.25, -0.2) is 4.98 Å². The molecule has 0 amide bonds. The van der Waals surface area contributed by atoms with E-state index in [4.69, 9.17) is 27.9 Å². The first-order valence-electron chi connectivity index (χ1n) is 9.58. The van der Waals surface area contributed by atoms with Gasteiger partial charge in [-0.15, -0.1) is 11.3 Å². The van der Waals surface area contributed by atoms with Crippen LogP contribution < -0.4 is 9.64 Å². The first-order chi connectivity index (χ1) is 13.7. The van der Waals surface area contributed by atoms with Gasteiger partial charge in [0.25, 0.3) is 0 Å². The Balaban J connectivity index is 1.24. The van der Waals surface area contributed by atoms with Crippen LogP contribution in [0.5, 0.6) is 5.75 Å². The normalized spacial score (nSPS) is 15.7. The van der Waals surface area contributed by atoms with Crippen molar-refractivity contribution in [2.24, 2.45) is 0 Å². The van der Waals surface area contributed by atoms with Crippen LogP contribution in [0.1, 0.15) is 12.8 Å². The Kier molecular flexibility index (Phi) is 6.58. The highest BCUT2D eigenvalue weighted by atomic mass is 35.5. The van der Waals surface area contributed by atoms with Crippen molar-refractivity contribution in [2.75, 3.05) is 44.2 Å². The third-order valence-electron chi connectivity index (χ3n) is 5.05. The van der Waals surface area contributed by atoms with Crippen molar-refractivity contribution in [3.63, 3.8) is 0 Å². The van der Waals surface area contributed by atoms with Crippen LogP contribution in [-0.2, 0) is 0 Å². The van der Waals surface area contributed by atoms with E-state index >= 15 is 0 Å². The number of aromatic nitrogens is 1. The third-order valence-corrected chi connectivity index (χ3v) is 6.67. The van der Waals surface area contributed by atoms with Crippen LogP contribution in [0.4, 0.5) is 5.69 Å². The molecule has 1 aromatic heterocycles. The molecule has 0 radical (unpaired) electrons. The van der Waals surface area contributed by atoms with E-state index in [1.54, 1.807) is 11.3 Å². The molecule has 0 N–H and O–H groups in total. The Labute approximate surface area is 179 Å². The molecule has 1 aliphatic heterocycles. The van der Waals surface area contributed by atoms with Gasteiger partial charge in [-0.3, -0.25) is 0 Å². The van der Waals surface area contributed by atoms with Gasteiger partial charge in [0.05, 0.1) is 38.1 Å². The molecule has 0 atom stereocenters. The summed E-state index contributed by atoms with van der Waals surface area (Å²) >= 11 is 14.2. The number of benzene rings is 2. The second kappa shape index (κ2) is 9.31. The molecule has 1 saturated heterocycles. The van der Waals surface area contributed by atoms with E-state index in [-0.39, 0.29) is 0 Å².